The molecular weight excluding hydrogens is 220 g/mol. The van der Waals surface area contributed by atoms with Gasteiger partial charge in [-0.05, 0) is 18.5 Å². The van der Waals surface area contributed by atoms with Crippen LogP contribution in [0.3, 0.4) is 0 Å². The van der Waals surface area contributed by atoms with Gasteiger partial charge < -0.3 is 9.73 Å². The molecule has 0 aromatic carbocycles. The molecule has 0 aliphatic rings. The van der Waals surface area contributed by atoms with Gasteiger partial charge in [-0.15, -0.1) is 11.3 Å². The van der Waals surface area contributed by atoms with E-state index in [0.717, 1.165) is 29.4 Å². The fourth-order valence-electron chi connectivity index (χ4n) is 1.40. The molecule has 1 N–H and O–H groups in total. The third kappa shape index (κ3) is 2.93. The molecule has 3 nitrogen and oxygen atoms in total. The quantitative estimate of drug-likeness (QED) is 0.866. The zero-order valence-corrected chi connectivity index (χ0v) is 10.4. The average Bonchev–Trinajstić information content (AvgIpc) is 2.85. The highest BCUT2D eigenvalue weighted by atomic mass is 32.1. The Morgan fingerprint density at radius 2 is 2.38 bits per heavy atom. The van der Waals surface area contributed by atoms with Crippen LogP contribution in [0.15, 0.2) is 28.4 Å². The molecule has 0 unspecified atom stereocenters. The molecule has 0 saturated carbocycles. The summed E-state index contributed by atoms with van der Waals surface area (Å²) in [4.78, 5) is 4.55. The number of aromatic nitrogens is 1. The summed E-state index contributed by atoms with van der Waals surface area (Å²) in [5.41, 5.74) is 2.15. The minimum atomic E-state index is 0.673. The molecule has 2 aromatic heterocycles. The van der Waals surface area contributed by atoms with Crippen LogP contribution in [0.5, 0.6) is 0 Å². The Morgan fingerprint density at radius 3 is 3.06 bits per heavy atom. The average molecular weight is 236 g/mol. The van der Waals surface area contributed by atoms with Gasteiger partial charge in [0.25, 0.3) is 0 Å². The molecule has 0 aliphatic heterocycles. The van der Waals surface area contributed by atoms with Crippen molar-refractivity contribution in [3.05, 3.63) is 29.7 Å². The molecule has 2 rings (SSSR count). The van der Waals surface area contributed by atoms with Gasteiger partial charge in [0, 0.05) is 17.5 Å². The van der Waals surface area contributed by atoms with Gasteiger partial charge in [0.1, 0.15) is 11.3 Å². The summed E-state index contributed by atoms with van der Waals surface area (Å²) in [6.07, 6.45) is 3.40. The molecule has 86 valence electrons. The SMILES string of the molecule is CC(C)CNCc1csc(-c2ccoc2)n1. The van der Waals surface area contributed by atoms with Gasteiger partial charge in [0.2, 0.25) is 0 Å². The molecule has 0 bridgehead atoms. The van der Waals surface area contributed by atoms with E-state index in [1.54, 1.807) is 23.9 Å². The highest BCUT2D eigenvalue weighted by Gasteiger charge is 2.05. The fraction of sp³-hybridized carbons (Fsp3) is 0.417. The van der Waals surface area contributed by atoms with Crippen molar-refractivity contribution in [3.63, 3.8) is 0 Å². The minimum absolute atomic E-state index is 0.673. The molecule has 0 atom stereocenters. The second kappa shape index (κ2) is 5.27. The number of rotatable bonds is 5. The van der Waals surface area contributed by atoms with Gasteiger partial charge in [0.15, 0.2) is 0 Å². The normalized spacial score (nSPS) is 11.2. The molecule has 0 aliphatic carbocycles. The number of thiazole rings is 1. The lowest BCUT2D eigenvalue weighted by molar-refractivity contribution is 0.549. The van der Waals surface area contributed by atoms with E-state index in [1.807, 2.05) is 6.07 Å². The van der Waals surface area contributed by atoms with Gasteiger partial charge in [-0.1, -0.05) is 13.8 Å². The Morgan fingerprint density at radius 1 is 1.50 bits per heavy atom. The molecular formula is C12H16N2OS. The van der Waals surface area contributed by atoms with E-state index in [9.17, 15) is 0 Å². The summed E-state index contributed by atoms with van der Waals surface area (Å²) in [6, 6.07) is 1.93. The summed E-state index contributed by atoms with van der Waals surface area (Å²) in [5.74, 6) is 0.673. The van der Waals surface area contributed by atoms with Gasteiger partial charge >= 0.3 is 0 Å². The topological polar surface area (TPSA) is 38.1 Å². The molecule has 0 saturated heterocycles. The Labute approximate surface area is 99.5 Å². The molecule has 2 heterocycles. The van der Waals surface area contributed by atoms with Crippen LogP contribution in [0, 0.1) is 5.92 Å². The summed E-state index contributed by atoms with van der Waals surface area (Å²) in [7, 11) is 0. The maximum Gasteiger partial charge on any atom is 0.126 e. The van der Waals surface area contributed by atoms with Crippen molar-refractivity contribution in [2.45, 2.75) is 20.4 Å². The van der Waals surface area contributed by atoms with Crippen molar-refractivity contribution in [3.8, 4) is 10.6 Å². The highest BCUT2D eigenvalue weighted by Crippen LogP contribution is 2.23. The van der Waals surface area contributed by atoms with E-state index in [1.165, 1.54) is 0 Å². The van der Waals surface area contributed by atoms with E-state index < -0.39 is 0 Å². The lowest BCUT2D eigenvalue weighted by Gasteiger charge is -2.04. The first-order valence-electron chi connectivity index (χ1n) is 5.43. The Bertz CT molecular complexity index is 420. The number of nitrogens with zero attached hydrogens (tertiary/aromatic N) is 1. The Hall–Kier alpha value is -1.13. The van der Waals surface area contributed by atoms with Crippen LogP contribution in [0.25, 0.3) is 10.6 Å². The Balaban J connectivity index is 1.93. The van der Waals surface area contributed by atoms with Crippen molar-refractivity contribution in [2.24, 2.45) is 5.92 Å². The highest BCUT2D eigenvalue weighted by molar-refractivity contribution is 7.13. The van der Waals surface area contributed by atoms with Crippen molar-refractivity contribution >= 4 is 11.3 Å². The number of nitrogens with one attached hydrogen (secondary N) is 1. The summed E-state index contributed by atoms with van der Waals surface area (Å²) >= 11 is 1.65. The van der Waals surface area contributed by atoms with Crippen LogP contribution in [-0.4, -0.2) is 11.5 Å². The number of hydrogen-bond donors (Lipinski definition) is 1. The van der Waals surface area contributed by atoms with Gasteiger partial charge in [-0.2, -0.15) is 0 Å². The first-order valence-corrected chi connectivity index (χ1v) is 6.31. The zero-order chi connectivity index (χ0) is 11.4. The van der Waals surface area contributed by atoms with Crippen LogP contribution < -0.4 is 5.32 Å². The van der Waals surface area contributed by atoms with Crippen LogP contribution in [-0.2, 0) is 6.54 Å². The van der Waals surface area contributed by atoms with E-state index in [0.29, 0.717) is 5.92 Å². The summed E-state index contributed by atoms with van der Waals surface area (Å²) < 4.78 is 5.04. The van der Waals surface area contributed by atoms with Gasteiger partial charge in [-0.3, -0.25) is 0 Å². The van der Waals surface area contributed by atoms with Crippen LogP contribution in [0.4, 0.5) is 0 Å². The first kappa shape index (κ1) is 11.4. The maximum atomic E-state index is 5.04. The molecule has 0 radical (unpaired) electrons. The van der Waals surface area contributed by atoms with Crippen molar-refractivity contribution in [1.82, 2.24) is 10.3 Å². The summed E-state index contributed by atoms with van der Waals surface area (Å²) in [5, 5.41) is 6.50. The lowest BCUT2D eigenvalue weighted by atomic mass is 10.2. The van der Waals surface area contributed by atoms with E-state index in [4.69, 9.17) is 4.42 Å². The van der Waals surface area contributed by atoms with Gasteiger partial charge in [-0.25, -0.2) is 4.98 Å². The van der Waals surface area contributed by atoms with Crippen molar-refractivity contribution < 1.29 is 4.42 Å². The molecule has 2 aromatic rings. The van der Waals surface area contributed by atoms with Crippen LogP contribution >= 0.6 is 11.3 Å². The zero-order valence-electron chi connectivity index (χ0n) is 9.56. The molecule has 0 amide bonds. The number of hydrogen-bond acceptors (Lipinski definition) is 4. The summed E-state index contributed by atoms with van der Waals surface area (Å²) in [6.45, 7) is 6.26. The third-order valence-electron chi connectivity index (χ3n) is 2.18. The van der Waals surface area contributed by atoms with Crippen LogP contribution in [0.1, 0.15) is 19.5 Å². The minimum Gasteiger partial charge on any atom is -0.472 e. The van der Waals surface area contributed by atoms with E-state index >= 15 is 0 Å². The molecule has 0 spiro atoms. The molecule has 4 heteroatoms. The third-order valence-corrected chi connectivity index (χ3v) is 3.12. The Kier molecular flexibility index (Phi) is 3.74. The second-order valence-electron chi connectivity index (χ2n) is 4.18. The van der Waals surface area contributed by atoms with Crippen molar-refractivity contribution in [1.29, 1.82) is 0 Å². The standard InChI is InChI=1S/C12H16N2OS/c1-9(2)5-13-6-11-8-16-12(14-11)10-3-4-15-7-10/h3-4,7-9,13H,5-6H2,1-2H3. The molecule has 16 heavy (non-hydrogen) atoms. The van der Waals surface area contributed by atoms with E-state index in [-0.39, 0.29) is 0 Å². The molecule has 0 fully saturated rings. The smallest absolute Gasteiger partial charge is 0.126 e. The van der Waals surface area contributed by atoms with Crippen LogP contribution in [0.2, 0.25) is 0 Å². The largest absolute Gasteiger partial charge is 0.472 e. The predicted octanol–water partition coefficient (Wildman–Crippen LogP) is 3.15. The van der Waals surface area contributed by atoms with E-state index in [2.05, 4.69) is 29.5 Å². The lowest BCUT2D eigenvalue weighted by Crippen LogP contribution is -2.19. The monoisotopic (exact) mass is 236 g/mol. The first-order chi connectivity index (χ1) is 7.75. The predicted molar refractivity (Wildman–Crippen MR) is 66.4 cm³/mol. The van der Waals surface area contributed by atoms with Crippen molar-refractivity contribution in [2.75, 3.05) is 6.54 Å². The maximum absolute atomic E-state index is 5.04. The fourth-order valence-corrected chi connectivity index (χ4v) is 2.20. The second-order valence-corrected chi connectivity index (χ2v) is 5.04. The number of furan rings is 1. The van der Waals surface area contributed by atoms with Gasteiger partial charge in [0.05, 0.1) is 12.0 Å².